The molecule has 24 heavy (non-hydrogen) atoms. The first-order valence-electron chi connectivity index (χ1n) is 7.35. The summed E-state index contributed by atoms with van der Waals surface area (Å²) >= 11 is 1.44. The number of fused-ring (bicyclic) bond motifs is 1. The molecule has 2 aliphatic rings. The van der Waals surface area contributed by atoms with Crippen molar-refractivity contribution in [2.24, 2.45) is 5.10 Å². The van der Waals surface area contributed by atoms with E-state index in [1.54, 1.807) is 36.4 Å². The van der Waals surface area contributed by atoms with E-state index in [1.807, 2.05) is 12.1 Å². The lowest BCUT2D eigenvalue weighted by molar-refractivity contribution is -0.128. The van der Waals surface area contributed by atoms with Gasteiger partial charge in [0.25, 0.3) is 11.8 Å². The Morgan fingerprint density at radius 3 is 2.67 bits per heavy atom. The van der Waals surface area contributed by atoms with Gasteiger partial charge in [0.2, 0.25) is 0 Å². The van der Waals surface area contributed by atoms with Crippen LogP contribution in [-0.2, 0) is 9.59 Å². The molecule has 2 heterocycles. The fraction of sp³-hybridized carbons (Fsp3) is 0.118. The van der Waals surface area contributed by atoms with Crippen LogP contribution in [0, 0.1) is 0 Å². The molecule has 4 rings (SSSR count). The first kappa shape index (κ1) is 14.8. The predicted molar refractivity (Wildman–Crippen MR) is 91.8 cm³/mol. The lowest BCUT2D eigenvalue weighted by Gasteiger charge is -2.19. The van der Waals surface area contributed by atoms with Crippen molar-refractivity contribution in [2.75, 3.05) is 11.1 Å². The summed E-state index contributed by atoms with van der Waals surface area (Å²) in [5, 5.41) is 17.6. The summed E-state index contributed by atoms with van der Waals surface area (Å²) in [5.74, 6) is -0.00543. The zero-order chi connectivity index (χ0) is 16.7. The maximum atomic E-state index is 12.2. The third-order valence-corrected chi connectivity index (χ3v) is 5.07. The number of phenols is 1. The molecule has 6 nitrogen and oxygen atoms in total. The van der Waals surface area contributed by atoms with Gasteiger partial charge in [0, 0.05) is 5.56 Å². The zero-order valence-electron chi connectivity index (χ0n) is 12.5. The van der Waals surface area contributed by atoms with Crippen LogP contribution in [-0.4, -0.2) is 33.4 Å². The van der Waals surface area contributed by atoms with Gasteiger partial charge in [0.1, 0.15) is 11.1 Å². The van der Waals surface area contributed by atoms with Crippen LogP contribution >= 0.6 is 11.8 Å². The molecule has 7 heteroatoms. The molecule has 1 unspecified atom stereocenters. The van der Waals surface area contributed by atoms with Gasteiger partial charge in [0.15, 0.2) is 5.71 Å². The smallest absolute Gasteiger partial charge is 0.276 e. The van der Waals surface area contributed by atoms with Crippen molar-refractivity contribution in [3.05, 3.63) is 59.7 Å². The van der Waals surface area contributed by atoms with Crippen LogP contribution in [0.3, 0.4) is 0 Å². The van der Waals surface area contributed by atoms with Crippen LogP contribution in [0.5, 0.6) is 5.75 Å². The number of thioether (sulfide) groups is 1. The molecular weight excluding hydrogens is 326 g/mol. The van der Waals surface area contributed by atoms with Gasteiger partial charge in [0.05, 0.1) is 11.4 Å². The number of nitrogens with zero attached hydrogens (tertiary/aromatic N) is 2. The molecule has 0 aliphatic carbocycles. The Kier molecular flexibility index (Phi) is 3.50. The molecule has 0 radical (unpaired) electrons. The Balaban J connectivity index is 1.73. The summed E-state index contributed by atoms with van der Waals surface area (Å²) in [6.45, 7) is 0. The largest absolute Gasteiger partial charge is 0.508 e. The lowest BCUT2D eigenvalue weighted by Crippen LogP contribution is -2.27. The van der Waals surface area contributed by atoms with Crippen LogP contribution in [0.15, 0.2) is 53.6 Å². The molecule has 0 spiro atoms. The van der Waals surface area contributed by atoms with Gasteiger partial charge in [-0.15, -0.1) is 11.8 Å². The van der Waals surface area contributed by atoms with Crippen LogP contribution in [0.2, 0.25) is 0 Å². The van der Waals surface area contributed by atoms with E-state index in [-0.39, 0.29) is 28.6 Å². The molecule has 120 valence electrons. The van der Waals surface area contributed by atoms with Gasteiger partial charge in [-0.3, -0.25) is 9.59 Å². The second kappa shape index (κ2) is 5.68. The lowest BCUT2D eigenvalue weighted by atomic mass is 10.1. The van der Waals surface area contributed by atoms with Crippen LogP contribution in [0.4, 0.5) is 5.69 Å². The summed E-state index contributed by atoms with van der Waals surface area (Å²) in [6, 6.07) is 13.9. The number of para-hydroxylation sites is 1. The number of amides is 2. The Morgan fingerprint density at radius 2 is 1.88 bits per heavy atom. The number of anilines is 1. The number of hydrogen-bond acceptors (Lipinski definition) is 5. The molecule has 0 aromatic heterocycles. The Labute approximate surface area is 142 Å². The minimum Gasteiger partial charge on any atom is -0.508 e. The summed E-state index contributed by atoms with van der Waals surface area (Å²) in [4.78, 5) is 24.4. The quantitative estimate of drug-likeness (QED) is 0.880. The number of phenolic OH excluding ortho intramolecular Hbond substituents is 1. The number of carbonyl (C=O) groups is 2. The van der Waals surface area contributed by atoms with E-state index in [4.69, 9.17) is 0 Å². The Hall–Kier alpha value is -2.80. The number of benzene rings is 2. The van der Waals surface area contributed by atoms with Gasteiger partial charge >= 0.3 is 0 Å². The Bertz CT molecular complexity index is 864. The van der Waals surface area contributed by atoms with Gasteiger partial charge in [-0.25, -0.2) is 5.01 Å². The zero-order valence-corrected chi connectivity index (χ0v) is 13.3. The van der Waals surface area contributed by atoms with Crippen molar-refractivity contribution in [2.45, 2.75) is 5.37 Å². The van der Waals surface area contributed by atoms with E-state index >= 15 is 0 Å². The average Bonchev–Trinajstić information content (AvgIpc) is 3.10. The van der Waals surface area contributed by atoms with E-state index in [9.17, 15) is 14.7 Å². The highest BCUT2D eigenvalue weighted by Crippen LogP contribution is 2.39. The molecule has 1 atom stereocenters. The molecule has 2 N–H and O–H groups in total. The maximum absolute atomic E-state index is 12.2. The van der Waals surface area contributed by atoms with E-state index in [2.05, 4.69) is 10.4 Å². The second-order valence-electron chi connectivity index (χ2n) is 5.44. The number of hydrogen-bond donors (Lipinski definition) is 2. The molecular formula is C17H13N3O3S. The normalized spacial score (nSPS) is 21.2. The first-order valence-corrected chi connectivity index (χ1v) is 8.40. The summed E-state index contributed by atoms with van der Waals surface area (Å²) in [7, 11) is 0. The number of nitrogens with one attached hydrogen (secondary N) is 1. The van der Waals surface area contributed by atoms with Crippen molar-refractivity contribution in [1.29, 1.82) is 0 Å². The molecule has 2 aromatic carbocycles. The second-order valence-corrected chi connectivity index (χ2v) is 6.51. The van der Waals surface area contributed by atoms with Crippen molar-refractivity contribution in [3.63, 3.8) is 0 Å². The monoisotopic (exact) mass is 339 g/mol. The number of aromatic hydroxyl groups is 1. The van der Waals surface area contributed by atoms with Crippen molar-refractivity contribution in [1.82, 2.24) is 5.01 Å². The number of carbonyl (C=O) groups excluding carboxylic acids is 2. The molecule has 1 fully saturated rings. The fourth-order valence-electron chi connectivity index (χ4n) is 2.71. The summed E-state index contributed by atoms with van der Waals surface area (Å²) in [5.41, 5.74) is 2.48. The minimum atomic E-state index is -0.314. The summed E-state index contributed by atoms with van der Waals surface area (Å²) in [6.07, 6.45) is 0. The van der Waals surface area contributed by atoms with Crippen LogP contribution in [0.1, 0.15) is 16.5 Å². The van der Waals surface area contributed by atoms with E-state index in [0.29, 0.717) is 17.0 Å². The van der Waals surface area contributed by atoms with E-state index in [1.165, 1.54) is 16.8 Å². The highest BCUT2D eigenvalue weighted by molar-refractivity contribution is 8.00. The average molecular weight is 339 g/mol. The van der Waals surface area contributed by atoms with Gasteiger partial charge < -0.3 is 10.4 Å². The Morgan fingerprint density at radius 1 is 1.12 bits per heavy atom. The van der Waals surface area contributed by atoms with Crippen LogP contribution < -0.4 is 5.32 Å². The third kappa shape index (κ3) is 2.43. The van der Waals surface area contributed by atoms with Crippen molar-refractivity contribution >= 4 is 35.0 Å². The predicted octanol–water partition coefficient (Wildman–Crippen LogP) is 2.32. The minimum absolute atomic E-state index is 0.150. The molecule has 2 amide bonds. The number of rotatable bonds is 2. The van der Waals surface area contributed by atoms with Gasteiger partial charge in [-0.2, -0.15) is 5.10 Å². The third-order valence-electron chi connectivity index (χ3n) is 3.87. The van der Waals surface area contributed by atoms with E-state index < -0.39 is 0 Å². The first-order chi connectivity index (χ1) is 11.6. The SMILES string of the molecule is O=C1Nc2ccccc2/C1=N\N1C(=O)CSC1c1ccc(O)cc1. The standard InChI is InChI=1S/C17H13N3O3S/c21-11-7-5-10(6-8-11)17-20(14(22)9-24-17)19-15-12-3-1-2-4-13(12)18-16(15)23/h1-8,17,21H,9H2,(H,18,19,23). The molecule has 0 saturated carbocycles. The van der Waals surface area contributed by atoms with Gasteiger partial charge in [-0.1, -0.05) is 30.3 Å². The highest BCUT2D eigenvalue weighted by atomic mass is 32.2. The molecule has 0 bridgehead atoms. The summed E-state index contributed by atoms with van der Waals surface area (Å²) < 4.78 is 0. The van der Waals surface area contributed by atoms with Crippen molar-refractivity contribution in [3.8, 4) is 5.75 Å². The maximum Gasteiger partial charge on any atom is 0.276 e. The van der Waals surface area contributed by atoms with Crippen molar-refractivity contribution < 1.29 is 14.7 Å². The fourth-order valence-corrected chi connectivity index (χ4v) is 3.80. The highest BCUT2D eigenvalue weighted by Gasteiger charge is 2.35. The van der Waals surface area contributed by atoms with E-state index in [0.717, 1.165) is 5.56 Å². The topological polar surface area (TPSA) is 82.0 Å². The molecule has 2 aromatic rings. The number of hydrazone groups is 1. The molecule has 1 saturated heterocycles. The molecule has 2 aliphatic heterocycles. The van der Waals surface area contributed by atoms with Crippen LogP contribution in [0.25, 0.3) is 0 Å². The van der Waals surface area contributed by atoms with Gasteiger partial charge in [-0.05, 0) is 23.8 Å².